The SMILES string of the molecule is Cc1ncc(-c2ccc3cn([C@@]4(F)CC[C@H](CNC(=O)c5ccccc5)[C@@H](F)[C@H]4O)nc3c2)cn1. The van der Waals surface area contributed by atoms with Gasteiger partial charge in [-0.3, -0.25) is 4.79 Å². The van der Waals surface area contributed by atoms with Gasteiger partial charge in [0.05, 0.1) is 5.52 Å². The highest BCUT2D eigenvalue weighted by Crippen LogP contribution is 2.41. The van der Waals surface area contributed by atoms with E-state index in [0.29, 0.717) is 22.3 Å². The van der Waals surface area contributed by atoms with Gasteiger partial charge >= 0.3 is 0 Å². The summed E-state index contributed by atoms with van der Waals surface area (Å²) in [5.74, 6) is -2.79. The summed E-state index contributed by atoms with van der Waals surface area (Å²) in [5.41, 5.74) is 2.58. The quantitative estimate of drug-likeness (QED) is 0.454. The van der Waals surface area contributed by atoms with Crippen LogP contribution in [0.25, 0.3) is 22.0 Å². The summed E-state index contributed by atoms with van der Waals surface area (Å²) in [6.07, 6.45) is 1.11. The minimum atomic E-state index is -2.40. The predicted molar refractivity (Wildman–Crippen MR) is 127 cm³/mol. The third-order valence-electron chi connectivity index (χ3n) is 6.63. The average Bonchev–Trinajstić information content (AvgIpc) is 3.32. The first-order valence-electron chi connectivity index (χ1n) is 11.5. The number of fused-ring (bicyclic) bond motifs is 1. The molecule has 5 rings (SSSR count). The second kappa shape index (κ2) is 9.14. The number of carbonyl (C=O) groups is 1. The molecule has 0 aliphatic heterocycles. The smallest absolute Gasteiger partial charge is 0.251 e. The maximum atomic E-state index is 16.0. The highest BCUT2D eigenvalue weighted by molar-refractivity contribution is 5.94. The van der Waals surface area contributed by atoms with E-state index in [1.54, 1.807) is 61.8 Å². The van der Waals surface area contributed by atoms with Crippen molar-refractivity contribution in [2.45, 2.75) is 37.8 Å². The Balaban J connectivity index is 1.32. The van der Waals surface area contributed by atoms with Gasteiger partial charge in [-0.25, -0.2) is 23.4 Å². The summed E-state index contributed by atoms with van der Waals surface area (Å²) in [6.45, 7) is 1.80. The second-order valence-electron chi connectivity index (χ2n) is 8.95. The van der Waals surface area contributed by atoms with Crippen LogP contribution >= 0.6 is 0 Å². The summed E-state index contributed by atoms with van der Waals surface area (Å²) < 4.78 is 32.2. The first-order chi connectivity index (χ1) is 16.8. The third-order valence-corrected chi connectivity index (χ3v) is 6.63. The number of carbonyl (C=O) groups excluding carboxylic acids is 1. The number of aliphatic hydroxyl groups is 1. The summed E-state index contributed by atoms with van der Waals surface area (Å²) in [5, 5.41) is 18.3. The van der Waals surface area contributed by atoms with Crippen LogP contribution in [-0.4, -0.2) is 49.6 Å². The van der Waals surface area contributed by atoms with E-state index in [-0.39, 0.29) is 25.3 Å². The van der Waals surface area contributed by atoms with Gasteiger partial charge in [0, 0.05) is 54.0 Å². The van der Waals surface area contributed by atoms with E-state index in [4.69, 9.17) is 0 Å². The first kappa shape index (κ1) is 23.0. The number of hydrogen-bond acceptors (Lipinski definition) is 5. The molecule has 9 heteroatoms. The highest BCUT2D eigenvalue weighted by atomic mass is 19.2. The molecule has 2 aromatic heterocycles. The molecule has 0 bridgehead atoms. The fourth-order valence-electron chi connectivity index (χ4n) is 4.50. The van der Waals surface area contributed by atoms with Crippen molar-refractivity contribution in [3.05, 3.63) is 78.5 Å². The highest BCUT2D eigenvalue weighted by Gasteiger charge is 2.52. The zero-order chi connectivity index (χ0) is 24.6. The molecule has 7 nitrogen and oxygen atoms in total. The molecule has 180 valence electrons. The van der Waals surface area contributed by atoms with Crippen molar-refractivity contribution in [3.8, 4) is 11.1 Å². The van der Waals surface area contributed by atoms with Crippen molar-refractivity contribution in [3.63, 3.8) is 0 Å². The number of benzene rings is 2. The molecule has 1 aliphatic carbocycles. The number of amides is 1. The molecular formula is C26H25F2N5O2. The molecular weight excluding hydrogens is 452 g/mol. The van der Waals surface area contributed by atoms with Crippen molar-refractivity contribution in [2.75, 3.05) is 6.54 Å². The molecule has 0 spiro atoms. The number of nitrogens with zero attached hydrogens (tertiary/aromatic N) is 4. The Morgan fingerprint density at radius 2 is 1.91 bits per heavy atom. The molecule has 4 aromatic rings. The summed E-state index contributed by atoms with van der Waals surface area (Å²) in [4.78, 5) is 20.7. The zero-order valence-electron chi connectivity index (χ0n) is 19.1. The van der Waals surface area contributed by atoms with Gasteiger partial charge < -0.3 is 10.4 Å². The van der Waals surface area contributed by atoms with Crippen LogP contribution in [0.4, 0.5) is 8.78 Å². The molecule has 2 heterocycles. The van der Waals surface area contributed by atoms with Gasteiger partial charge in [-0.15, -0.1) is 0 Å². The van der Waals surface area contributed by atoms with Crippen LogP contribution in [0.2, 0.25) is 0 Å². The zero-order valence-corrected chi connectivity index (χ0v) is 19.1. The van der Waals surface area contributed by atoms with E-state index in [1.165, 1.54) is 6.20 Å². The predicted octanol–water partition coefficient (Wildman–Crippen LogP) is 3.96. The van der Waals surface area contributed by atoms with Crippen LogP contribution in [0.1, 0.15) is 29.0 Å². The lowest BCUT2D eigenvalue weighted by Gasteiger charge is -2.40. The minimum absolute atomic E-state index is 0.00506. The van der Waals surface area contributed by atoms with Crippen LogP contribution in [0, 0.1) is 12.8 Å². The molecule has 0 saturated heterocycles. The maximum absolute atomic E-state index is 16.0. The Morgan fingerprint density at radius 3 is 2.66 bits per heavy atom. The fraction of sp³-hybridized carbons (Fsp3) is 0.308. The number of alkyl halides is 2. The maximum Gasteiger partial charge on any atom is 0.251 e. The van der Waals surface area contributed by atoms with E-state index in [0.717, 1.165) is 15.8 Å². The molecule has 0 radical (unpaired) electrons. The monoisotopic (exact) mass is 477 g/mol. The lowest BCUT2D eigenvalue weighted by molar-refractivity contribution is -0.153. The van der Waals surface area contributed by atoms with Crippen molar-refractivity contribution >= 4 is 16.8 Å². The Morgan fingerprint density at radius 1 is 1.17 bits per heavy atom. The molecule has 1 amide bonds. The van der Waals surface area contributed by atoms with Crippen LogP contribution < -0.4 is 5.32 Å². The van der Waals surface area contributed by atoms with E-state index < -0.39 is 24.0 Å². The number of aryl methyl sites for hydroxylation is 1. The molecule has 1 saturated carbocycles. The fourth-order valence-corrected chi connectivity index (χ4v) is 4.50. The van der Waals surface area contributed by atoms with E-state index in [2.05, 4.69) is 20.4 Å². The first-order valence-corrected chi connectivity index (χ1v) is 11.5. The molecule has 4 atom stereocenters. The van der Waals surface area contributed by atoms with Gasteiger partial charge in [0.25, 0.3) is 5.91 Å². The Kier molecular flexibility index (Phi) is 6.02. The van der Waals surface area contributed by atoms with Gasteiger partial charge in [0.1, 0.15) is 18.1 Å². The van der Waals surface area contributed by atoms with Crippen molar-refractivity contribution in [2.24, 2.45) is 5.92 Å². The van der Waals surface area contributed by atoms with Gasteiger partial charge in [0.15, 0.2) is 0 Å². The van der Waals surface area contributed by atoms with Crippen LogP contribution in [0.5, 0.6) is 0 Å². The topological polar surface area (TPSA) is 92.9 Å². The minimum Gasteiger partial charge on any atom is -0.385 e. The second-order valence-corrected chi connectivity index (χ2v) is 8.95. The molecule has 1 aliphatic rings. The largest absolute Gasteiger partial charge is 0.385 e. The van der Waals surface area contributed by atoms with Crippen LogP contribution in [-0.2, 0) is 5.79 Å². The summed E-state index contributed by atoms with van der Waals surface area (Å²) >= 11 is 0. The van der Waals surface area contributed by atoms with Crippen molar-refractivity contribution < 1.29 is 18.7 Å². The van der Waals surface area contributed by atoms with E-state index in [1.807, 2.05) is 6.07 Å². The number of rotatable bonds is 5. The number of nitrogens with one attached hydrogen (secondary N) is 1. The van der Waals surface area contributed by atoms with Gasteiger partial charge in [0.2, 0.25) is 5.79 Å². The lowest BCUT2D eigenvalue weighted by atomic mass is 9.80. The van der Waals surface area contributed by atoms with Gasteiger partial charge in [-0.05, 0) is 37.1 Å². The molecule has 2 aromatic carbocycles. The summed E-state index contributed by atoms with van der Waals surface area (Å²) in [7, 11) is 0. The Hall–Kier alpha value is -3.72. The van der Waals surface area contributed by atoms with E-state index >= 15 is 8.78 Å². The van der Waals surface area contributed by atoms with Gasteiger partial charge in [-0.2, -0.15) is 5.10 Å². The van der Waals surface area contributed by atoms with Gasteiger partial charge in [-0.1, -0.05) is 30.3 Å². The number of aliphatic hydroxyl groups excluding tert-OH is 1. The van der Waals surface area contributed by atoms with Crippen LogP contribution in [0.3, 0.4) is 0 Å². The average molecular weight is 478 g/mol. The Labute approximate surface area is 200 Å². The van der Waals surface area contributed by atoms with Crippen molar-refractivity contribution in [1.82, 2.24) is 25.1 Å². The molecule has 0 unspecified atom stereocenters. The molecule has 1 fully saturated rings. The number of aromatic nitrogens is 4. The molecule has 2 N–H and O–H groups in total. The summed E-state index contributed by atoms with van der Waals surface area (Å²) in [6, 6.07) is 14.0. The van der Waals surface area contributed by atoms with Crippen molar-refractivity contribution in [1.29, 1.82) is 0 Å². The normalized spacial score (nSPS) is 24.4. The van der Waals surface area contributed by atoms with E-state index in [9.17, 15) is 9.90 Å². The number of halogens is 2. The molecule has 35 heavy (non-hydrogen) atoms. The standard InChI is InChI=1S/C26H25F2N5O2/c1-16-29-13-21(14-30-16)18-7-8-20-15-33(32-22(20)11-18)26(28)10-9-19(23(27)24(26)34)12-31-25(35)17-5-3-2-4-6-17/h2-8,11,13-15,19,23-24,34H,9-10,12H2,1H3,(H,31,35)/t19-,23-,24-,26+/m1/s1. The lowest BCUT2D eigenvalue weighted by Crippen LogP contribution is -2.54. The number of hydrogen-bond donors (Lipinski definition) is 2. The van der Waals surface area contributed by atoms with Crippen LogP contribution in [0.15, 0.2) is 67.1 Å². The third kappa shape index (κ3) is 4.39. The Bertz CT molecular complexity index is 1350.